The van der Waals surface area contributed by atoms with E-state index in [1.54, 1.807) is 19.1 Å². The molecule has 0 spiro atoms. The van der Waals surface area contributed by atoms with Crippen LogP contribution in [0.1, 0.15) is 57.7 Å². The molecule has 11 heteroatoms. The van der Waals surface area contributed by atoms with Gasteiger partial charge in [0.05, 0.1) is 17.0 Å². The highest BCUT2D eigenvalue weighted by atomic mass is 32.2. The lowest BCUT2D eigenvalue weighted by Gasteiger charge is -2.20. The summed E-state index contributed by atoms with van der Waals surface area (Å²) in [6.07, 6.45) is 15.1. The highest BCUT2D eigenvalue weighted by Gasteiger charge is 2.25. The summed E-state index contributed by atoms with van der Waals surface area (Å²) in [5, 5.41) is 2.75. The smallest absolute Gasteiger partial charge is 0.331 e. The number of hydrogen-bond acceptors (Lipinski definition) is 9. The Kier molecular flexibility index (Phi) is 14.6. The van der Waals surface area contributed by atoms with E-state index in [2.05, 4.69) is 15.7 Å². The summed E-state index contributed by atoms with van der Waals surface area (Å²) in [5.41, 5.74) is 3.82. The van der Waals surface area contributed by atoms with Gasteiger partial charge in [0, 0.05) is 30.8 Å². The molecule has 0 fully saturated rings. The van der Waals surface area contributed by atoms with Crippen molar-refractivity contribution in [3.63, 3.8) is 0 Å². The highest BCUT2D eigenvalue weighted by molar-refractivity contribution is 7.88. The van der Waals surface area contributed by atoms with E-state index in [1.165, 1.54) is 17.4 Å². The number of aryl methyl sites for hydroxylation is 1. The third-order valence-corrected chi connectivity index (χ3v) is 7.82. The number of likely N-dealkylation sites (N-methyl/N-ethyl adjacent to an activating group) is 1. The van der Waals surface area contributed by atoms with E-state index < -0.39 is 40.2 Å². The minimum atomic E-state index is -3.61. The van der Waals surface area contributed by atoms with Crippen LogP contribution in [0.3, 0.4) is 0 Å². The van der Waals surface area contributed by atoms with E-state index in [0.717, 1.165) is 40.2 Å². The van der Waals surface area contributed by atoms with Gasteiger partial charge in [-0.15, -0.1) is 11.3 Å². The van der Waals surface area contributed by atoms with Crippen molar-refractivity contribution in [1.29, 1.82) is 0 Å². The Morgan fingerprint density at radius 2 is 1.88 bits per heavy atom. The molecule has 0 saturated heterocycles. The zero-order chi connectivity index (χ0) is 31.3. The average Bonchev–Trinajstić information content (AvgIpc) is 3.31. The summed E-state index contributed by atoms with van der Waals surface area (Å²) in [4.78, 5) is 32.3. The number of fused-ring (bicyclic) bond motifs is 2. The molecule has 232 valence electrons. The van der Waals surface area contributed by atoms with Crippen LogP contribution < -0.4 is 4.72 Å². The molecule has 0 saturated carbocycles. The van der Waals surface area contributed by atoms with Crippen LogP contribution in [-0.4, -0.2) is 75.4 Å². The fourth-order valence-corrected chi connectivity index (χ4v) is 5.77. The first-order valence-electron chi connectivity index (χ1n) is 14.0. The zero-order valence-corrected chi connectivity index (χ0v) is 27.4. The summed E-state index contributed by atoms with van der Waals surface area (Å²) in [7, 11) is 0.427. The number of carbonyl (C=O) groups excluding carboxylic acids is 2. The molecule has 3 atom stereocenters. The van der Waals surface area contributed by atoms with Crippen LogP contribution in [0.4, 0.5) is 0 Å². The van der Waals surface area contributed by atoms with Gasteiger partial charge in [0.2, 0.25) is 10.0 Å². The van der Waals surface area contributed by atoms with Crippen molar-refractivity contribution < 1.29 is 27.5 Å². The van der Waals surface area contributed by atoms with Crippen LogP contribution in [0.5, 0.6) is 0 Å². The van der Waals surface area contributed by atoms with Crippen molar-refractivity contribution in [2.24, 2.45) is 0 Å². The number of thiazole rings is 1. The number of nitrogens with zero attached hydrogens (tertiary/aromatic N) is 2. The molecular formula is C31H45N3O6S2. The normalized spacial score (nSPS) is 24.8. The van der Waals surface area contributed by atoms with Gasteiger partial charge in [-0.05, 0) is 67.1 Å². The van der Waals surface area contributed by atoms with Gasteiger partial charge in [-0.25, -0.2) is 22.9 Å². The third kappa shape index (κ3) is 14.9. The molecule has 3 unspecified atom stereocenters. The van der Waals surface area contributed by atoms with Crippen molar-refractivity contribution in [1.82, 2.24) is 14.6 Å². The van der Waals surface area contributed by atoms with Crippen LogP contribution >= 0.6 is 11.3 Å². The first kappa shape index (κ1) is 35.3. The molecule has 2 rings (SSSR count). The maximum atomic E-state index is 12.8. The third-order valence-electron chi connectivity index (χ3n) is 6.19. The number of aromatic nitrogens is 1. The quantitative estimate of drug-likeness (QED) is 0.346. The molecule has 0 radical (unpaired) electrons. The molecular weight excluding hydrogens is 574 g/mol. The van der Waals surface area contributed by atoms with Crippen LogP contribution in [0.2, 0.25) is 0 Å². The van der Waals surface area contributed by atoms with Crippen molar-refractivity contribution in [3.8, 4) is 0 Å². The molecule has 2 bridgehead atoms. The lowest BCUT2D eigenvalue weighted by Crippen LogP contribution is -2.42. The summed E-state index contributed by atoms with van der Waals surface area (Å²) < 4.78 is 37.6. The molecule has 9 nitrogen and oxygen atoms in total. The molecule has 1 aliphatic rings. The number of cyclic esters (lactones) is 2. The Labute approximate surface area is 255 Å². The number of hydrogen-bond donors (Lipinski definition) is 1. The van der Waals surface area contributed by atoms with E-state index in [-0.39, 0.29) is 6.42 Å². The highest BCUT2D eigenvalue weighted by Crippen LogP contribution is 2.19. The number of rotatable bonds is 7. The molecule has 0 amide bonds. The molecule has 2 heterocycles. The van der Waals surface area contributed by atoms with Crippen LogP contribution in [0.25, 0.3) is 0 Å². The SMILES string of the molecule is CC(/C=C/C(C)=C/C1Cc2nc(cs2)CCCC(NS(C)(=O)=O)C(=O)OC(C)C/C(C)=C/C=C\C(=O)O1)=C\CN(C)C. The fourth-order valence-electron chi connectivity index (χ4n) is 4.16. The topological polar surface area (TPSA) is 115 Å². The summed E-state index contributed by atoms with van der Waals surface area (Å²) in [6.45, 7) is 8.48. The van der Waals surface area contributed by atoms with Gasteiger partial charge in [0.1, 0.15) is 18.2 Å². The second-order valence-corrected chi connectivity index (χ2v) is 13.7. The number of allylic oxidation sites excluding steroid dienone is 6. The summed E-state index contributed by atoms with van der Waals surface area (Å²) in [5.74, 6) is -1.08. The van der Waals surface area contributed by atoms with Crippen LogP contribution in [0.15, 0.2) is 64.6 Å². The average molecular weight is 620 g/mol. The monoisotopic (exact) mass is 619 g/mol. The van der Waals surface area contributed by atoms with E-state index >= 15 is 0 Å². The largest absolute Gasteiger partial charge is 0.461 e. The van der Waals surface area contributed by atoms with Gasteiger partial charge in [0.25, 0.3) is 0 Å². The Morgan fingerprint density at radius 1 is 1.17 bits per heavy atom. The molecule has 1 aliphatic heterocycles. The molecule has 0 aromatic carbocycles. The number of carbonyl (C=O) groups is 2. The predicted octanol–water partition coefficient (Wildman–Crippen LogP) is 4.69. The van der Waals surface area contributed by atoms with E-state index in [1.807, 2.05) is 58.5 Å². The fraction of sp³-hybridized carbons (Fsp3) is 0.516. The molecule has 1 N–H and O–H groups in total. The van der Waals surface area contributed by atoms with Gasteiger partial charge in [-0.2, -0.15) is 0 Å². The van der Waals surface area contributed by atoms with Gasteiger partial charge in [-0.1, -0.05) is 47.1 Å². The van der Waals surface area contributed by atoms with Crippen LogP contribution in [0, 0.1) is 0 Å². The van der Waals surface area contributed by atoms with Gasteiger partial charge in [-0.3, -0.25) is 4.79 Å². The predicted molar refractivity (Wildman–Crippen MR) is 169 cm³/mol. The Morgan fingerprint density at radius 3 is 2.57 bits per heavy atom. The van der Waals surface area contributed by atoms with Gasteiger partial charge < -0.3 is 14.4 Å². The van der Waals surface area contributed by atoms with Gasteiger partial charge in [0.15, 0.2) is 0 Å². The number of sulfonamides is 1. The number of ether oxygens (including phenoxy) is 2. The van der Waals surface area contributed by atoms with Crippen molar-refractivity contribution in [2.45, 2.75) is 78.0 Å². The number of esters is 2. The Bertz CT molecular complexity index is 1320. The zero-order valence-electron chi connectivity index (χ0n) is 25.8. The lowest BCUT2D eigenvalue weighted by molar-refractivity contribution is -0.150. The number of nitrogens with one attached hydrogen (secondary N) is 1. The van der Waals surface area contributed by atoms with Crippen LogP contribution in [-0.2, 0) is 41.9 Å². The molecule has 1 aromatic heterocycles. The van der Waals surface area contributed by atoms with E-state index in [4.69, 9.17) is 14.5 Å². The Hall–Kier alpha value is -2.86. The van der Waals surface area contributed by atoms with E-state index in [9.17, 15) is 18.0 Å². The van der Waals surface area contributed by atoms with Crippen molar-refractivity contribution in [2.75, 3.05) is 26.9 Å². The minimum absolute atomic E-state index is 0.278. The first-order chi connectivity index (χ1) is 19.7. The maximum absolute atomic E-state index is 12.8. The second-order valence-electron chi connectivity index (χ2n) is 11.0. The lowest BCUT2D eigenvalue weighted by atomic mass is 10.1. The first-order valence-corrected chi connectivity index (χ1v) is 16.8. The minimum Gasteiger partial charge on any atom is -0.461 e. The van der Waals surface area contributed by atoms with Gasteiger partial charge >= 0.3 is 11.9 Å². The molecule has 0 aliphatic carbocycles. The standard InChI is InChI=1S/C31H45N3O6S2/c1-22(16-17-34(5)6)14-15-24(3)19-27-20-29-32-26(21-41-29)11-9-12-28(33-42(7,37)38)31(36)39-25(4)18-23(2)10-8-13-30(35)40-27/h8,10,13-16,19,21,25,27-28,33H,9,11-12,17-18,20H2,1-7H3/b13-8-,15-14+,22-16+,23-10+,24-19+. The molecule has 42 heavy (non-hydrogen) atoms. The van der Waals surface area contributed by atoms with Crippen molar-refractivity contribution >= 4 is 33.3 Å². The molecule has 1 aromatic rings. The second kappa shape index (κ2) is 17.3. The maximum Gasteiger partial charge on any atom is 0.331 e. The Balaban J connectivity index is 2.31. The summed E-state index contributed by atoms with van der Waals surface area (Å²) >= 11 is 1.48. The van der Waals surface area contributed by atoms with E-state index in [0.29, 0.717) is 25.7 Å². The summed E-state index contributed by atoms with van der Waals surface area (Å²) in [6, 6.07) is -0.982. The van der Waals surface area contributed by atoms with Crippen molar-refractivity contribution in [3.05, 3.63) is 75.3 Å².